The fourth-order valence-electron chi connectivity index (χ4n) is 1.51. The van der Waals surface area contributed by atoms with Gasteiger partial charge in [0.15, 0.2) is 0 Å². The van der Waals surface area contributed by atoms with E-state index >= 15 is 0 Å². The maximum Gasteiger partial charge on any atom is 0.328 e. The van der Waals surface area contributed by atoms with Crippen LogP contribution in [0, 0.1) is 0 Å². The number of nitrogens with zero attached hydrogens (tertiary/aromatic N) is 3. The molecule has 1 aromatic heterocycles. The van der Waals surface area contributed by atoms with Gasteiger partial charge in [-0.05, 0) is 33.8 Å². The Morgan fingerprint density at radius 3 is 2.43 bits per heavy atom. The first kappa shape index (κ1) is 16.9. The van der Waals surface area contributed by atoms with E-state index in [2.05, 4.69) is 15.3 Å². The van der Waals surface area contributed by atoms with Crippen LogP contribution in [0.2, 0.25) is 0 Å². The monoisotopic (exact) mass is 294 g/mol. The van der Waals surface area contributed by atoms with E-state index in [1.54, 1.807) is 58.1 Å². The Hall–Kier alpha value is -2.18. The zero-order chi connectivity index (χ0) is 16.0. The van der Waals surface area contributed by atoms with Gasteiger partial charge in [-0.15, -0.1) is 0 Å². The van der Waals surface area contributed by atoms with Crippen LogP contribution in [0.3, 0.4) is 0 Å². The molecule has 0 radical (unpaired) electrons. The molecule has 0 saturated carbocycles. The Morgan fingerprint density at radius 1 is 1.33 bits per heavy atom. The lowest BCUT2D eigenvalue weighted by molar-refractivity contribution is -0.158. The largest absolute Gasteiger partial charge is 0.458 e. The molecule has 0 aliphatic carbocycles. The number of nitrogens with one attached hydrogen (secondary N) is 1. The first-order chi connectivity index (χ1) is 9.69. The van der Waals surface area contributed by atoms with Crippen LogP contribution in [0.15, 0.2) is 18.5 Å². The van der Waals surface area contributed by atoms with E-state index in [4.69, 9.17) is 4.74 Å². The molecular formula is C14H22N4O3. The first-order valence-corrected chi connectivity index (χ1v) is 6.69. The molecule has 21 heavy (non-hydrogen) atoms. The van der Waals surface area contributed by atoms with Gasteiger partial charge in [0.1, 0.15) is 11.6 Å². The van der Waals surface area contributed by atoms with Crippen LogP contribution in [0.25, 0.3) is 0 Å². The van der Waals surface area contributed by atoms with Crippen molar-refractivity contribution in [3.63, 3.8) is 0 Å². The highest BCUT2D eigenvalue weighted by atomic mass is 16.6. The van der Waals surface area contributed by atoms with E-state index in [0.717, 1.165) is 0 Å². The SMILES string of the molecule is C[C@@H](NC(=O)CN(C)c1ncccn1)C(=O)OC(C)(C)C. The number of carbonyl (C=O) groups excluding carboxylic acids is 2. The summed E-state index contributed by atoms with van der Waals surface area (Å²) in [5.74, 6) is -0.324. The van der Waals surface area contributed by atoms with Gasteiger partial charge in [-0.25, -0.2) is 14.8 Å². The van der Waals surface area contributed by atoms with Gasteiger partial charge in [0, 0.05) is 19.4 Å². The Morgan fingerprint density at radius 2 is 1.90 bits per heavy atom. The van der Waals surface area contributed by atoms with Crippen molar-refractivity contribution in [2.45, 2.75) is 39.3 Å². The quantitative estimate of drug-likeness (QED) is 0.807. The summed E-state index contributed by atoms with van der Waals surface area (Å²) < 4.78 is 5.20. The summed E-state index contributed by atoms with van der Waals surface area (Å²) in [6, 6.07) is 0.990. The summed E-state index contributed by atoms with van der Waals surface area (Å²) in [6.45, 7) is 6.97. The molecule has 1 amide bonds. The van der Waals surface area contributed by atoms with Gasteiger partial charge in [-0.1, -0.05) is 0 Å². The third-order valence-corrected chi connectivity index (χ3v) is 2.41. The zero-order valence-corrected chi connectivity index (χ0v) is 13.1. The van der Waals surface area contributed by atoms with E-state index in [1.165, 1.54) is 0 Å². The van der Waals surface area contributed by atoms with Crippen molar-refractivity contribution in [3.8, 4) is 0 Å². The molecule has 7 nitrogen and oxygen atoms in total. The predicted molar refractivity (Wildman–Crippen MR) is 78.8 cm³/mol. The number of rotatable bonds is 5. The topological polar surface area (TPSA) is 84.4 Å². The number of hydrogen-bond donors (Lipinski definition) is 1. The van der Waals surface area contributed by atoms with Crippen molar-refractivity contribution in [2.24, 2.45) is 0 Å². The van der Waals surface area contributed by atoms with Gasteiger partial charge in [0.2, 0.25) is 11.9 Å². The van der Waals surface area contributed by atoms with Crippen molar-refractivity contribution < 1.29 is 14.3 Å². The standard InChI is InChI=1S/C14H22N4O3/c1-10(12(20)21-14(2,3)4)17-11(19)9-18(5)13-15-7-6-8-16-13/h6-8,10H,9H2,1-5H3,(H,17,19)/t10-/m1/s1. The van der Waals surface area contributed by atoms with Gasteiger partial charge in [-0.3, -0.25) is 4.79 Å². The molecular weight excluding hydrogens is 272 g/mol. The van der Waals surface area contributed by atoms with Crippen molar-refractivity contribution in [1.29, 1.82) is 0 Å². The number of likely N-dealkylation sites (N-methyl/N-ethyl adjacent to an activating group) is 1. The Kier molecular flexibility index (Phi) is 5.63. The van der Waals surface area contributed by atoms with Gasteiger partial charge in [-0.2, -0.15) is 0 Å². The molecule has 7 heteroatoms. The summed E-state index contributed by atoms with van der Waals surface area (Å²) in [5.41, 5.74) is -0.579. The number of amides is 1. The molecule has 1 aromatic rings. The van der Waals surface area contributed by atoms with E-state index in [0.29, 0.717) is 5.95 Å². The van der Waals surface area contributed by atoms with E-state index in [9.17, 15) is 9.59 Å². The minimum absolute atomic E-state index is 0.0527. The minimum atomic E-state index is -0.707. The van der Waals surface area contributed by atoms with Gasteiger partial charge < -0.3 is 15.0 Å². The molecule has 0 saturated heterocycles. The van der Waals surface area contributed by atoms with Crippen molar-refractivity contribution in [2.75, 3.05) is 18.5 Å². The van der Waals surface area contributed by atoms with Crippen LogP contribution in [-0.2, 0) is 14.3 Å². The second-order valence-electron chi connectivity index (χ2n) is 5.73. The summed E-state index contributed by atoms with van der Waals surface area (Å²) >= 11 is 0. The fourth-order valence-corrected chi connectivity index (χ4v) is 1.51. The van der Waals surface area contributed by atoms with Crippen LogP contribution in [0.4, 0.5) is 5.95 Å². The fraction of sp³-hybridized carbons (Fsp3) is 0.571. The highest BCUT2D eigenvalue weighted by Gasteiger charge is 2.23. The molecule has 1 atom stereocenters. The third kappa shape index (κ3) is 6.20. The number of aromatic nitrogens is 2. The van der Waals surface area contributed by atoms with Crippen LogP contribution in [0.5, 0.6) is 0 Å². The van der Waals surface area contributed by atoms with Gasteiger partial charge in [0.05, 0.1) is 6.54 Å². The molecule has 1 N–H and O–H groups in total. The Bertz CT molecular complexity index is 485. The maximum absolute atomic E-state index is 11.9. The maximum atomic E-state index is 11.9. The number of carbonyl (C=O) groups is 2. The van der Waals surface area contributed by atoms with E-state index in [-0.39, 0.29) is 12.5 Å². The van der Waals surface area contributed by atoms with E-state index in [1.807, 2.05) is 0 Å². The zero-order valence-electron chi connectivity index (χ0n) is 13.1. The van der Waals surface area contributed by atoms with Gasteiger partial charge in [0.25, 0.3) is 0 Å². The summed E-state index contributed by atoms with van der Waals surface area (Å²) in [4.78, 5) is 33.3. The number of ether oxygens (including phenoxy) is 1. The lowest BCUT2D eigenvalue weighted by Gasteiger charge is -2.23. The normalized spacial score (nSPS) is 12.4. The molecule has 116 valence electrons. The van der Waals surface area contributed by atoms with E-state index < -0.39 is 17.6 Å². The van der Waals surface area contributed by atoms with Crippen LogP contribution in [0.1, 0.15) is 27.7 Å². The lowest BCUT2D eigenvalue weighted by atomic mass is 10.2. The number of hydrogen-bond acceptors (Lipinski definition) is 6. The van der Waals surface area contributed by atoms with Crippen molar-refractivity contribution in [1.82, 2.24) is 15.3 Å². The molecule has 0 bridgehead atoms. The Labute approximate surface area is 124 Å². The average Bonchev–Trinajstić information content (AvgIpc) is 2.37. The molecule has 0 fully saturated rings. The second-order valence-corrected chi connectivity index (χ2v) is 5.73. The van der Waals surface area contributed by atoms with Crippen molar-refractivity contribution in [3.05, 3.63) is 18.5 Å². The minimum Gasteiger partial charge on any atom is -0.458 e. The number of anilines is 1. The summed E-state index contributed by atoms with van der Waals surface area (Å²) in [6.07, 6.45) is 3.19. The highest BCUT2D eigenvalue weighted by molar-refractivity contribution is 5.86. The molecule has 0 aliphatic rings. The lowest BCUT2D eigenvalue weighted by Crippen LogP contribution is -2.45. The molecule has 1 rings (SSSR count). The number of esters is 1. The average molecular weight is 294 g/mol. The summed E-state index contributed by atoms with van der Waals surface area (Å²) in [7, 11) is 1.70. The molecule has 0 aliphatic heterocycles. The molecule has 0 spiro atoms. The smallest absolute Gasteiger partial charge is 0.328 e. The molecule has 1 heterocycles. The molecule has 0 aromatic carbocycles. The first-order valence-electron chi connectivity index (χ1n) is 6.69. The van der Waals surface area contributed by atoms with Crippen LogP contribution >= 0.6 is 0 Å². The summed E-state index contributed by atoms with van der Waals surface area (Å²) in [5, 5.41) is 2.59. The Balaban J connectivity index is 2.48. The molecule has 0 unspecified atom stereocenters. The second kappa shape index (κ2) is 7.01. The van der Waals surface area contributed by atoms with Crippen molar-refractivity contribution >= 4 is 17.8 Å². The third-order valence-electron chi connectivity index (χ3n) is 2.41. The highest BCUT2D eigenvalue weighted by Crippen LogP contribution is 2.08. The van der Waals surface area contributed by atoms with Crippen LogP contribution in [-0.4, -0.2) is 47.1 Å². The van der Waals surface area contributed by atoms with Gasteiger partial charge >= 0.3 is 5.97 Å². The van der Waals surface area contributed by atoms with Crippen LogP contribution < -0.4 is 10.2 Å². The predicted octanol–water partition coefficient (Wildman–Crippen LogP) is 0.759.